The van der Waals surface area contributed by atoms with Gasteiger partial charge in [0.1, 0.15) is 17.6 Å². The van der Waals surface area contributed by atoms with E-state index in [1.54, 1.807) is 49.7 Å². The maximum absolute atomic E-state index is 15.2. The van der Waals surface area contributed by atoms with E-state index in [2.05, 4.69) is 31.3 Å². The van der Waals surface area contributed by atoms with Crippen LogP contribution in [0.5, 0.6) is 5.75 Å². The van der Waals surface area contributed by atoms with Crippen LogP contribution in [0.25, 0.3) is 16.8 Å². The van der Waals surface area contributed by atoms with Gasteiger partial charge in [-0.15, -0.1) is 0 Å². The van der Waals surface area contributed by atoms with Crippen molar-refractivity contribution in [2.24, 2.45) is 0 Å². The molecule has 3 aromatic rings. The highest BCUT2D eigenvalue weighted by Crippen LogP contribution is 2.33. The largest absolute Gasteiger partial charge is 0.493 e. The van der Waals surface area contributed by atoms with E-state index in [0.29, 0.717) is 16.8 Å². The van der Waals surface area contributed by atoms with Gasteiger partial charge in [-0.25, -0.2) is 18.7 Å². The molecular formula is C19H20BrFN4O3. The number of amides is 1. The molecule has 0 aliphatic heterocycles. The summed E-state index contributed by atoms with van der Waals surface area (Å²) in [5.41, 5.74) is 1.22. The van der Waals surface area contributed by atoms with E-state index in [1.807, 2.05) is 0 Å². The van der Waals surface area contributed by atoms with E-state index < -0.39 is 17.5 Å². The van der Waals surface area contributed by atoms with Crippen molar-refractivity contribution < 1.29 is 18.7 Å². The summed E-state index contributed by atoms with van der Waals surface area (Å²) >= 11 is 3.39. The zero-order chi connectivity index (χ0) is 20.5. The summed E-state index contributed by atoms with van der Waals surface area (Å²) < 4.78 is 28.1. The lowest BCUT2D eigenvalue weighted by Gasteiger charge is -2.20. The number of fused-ring (bicyclic) bond motifs is 1. The molecule has 0 bridgehead atoms. The summed E-state index contributed by atoms with van der Waals surface area (Å²) in [6.45, 7) is 5.36. The molecule has 3 rings (SSSR count). The van der Waals surface area contributed by atoms with Crippen molar-refractivity contribution in [3.05, 3.63) is 46.6 Å². The number of benzene rings is 1. The molecule has 7 nitrogen and oxygen atoms in total. The fourth-order valence-electron chi connectivity index (χ4n) is 2.73. The van der Waals surface area contributed by atoms with Crippen LogP contribution in [-0.2, 0) is 11.3 Å². The lowest BCUT2D eigenvalue weighted by atomic mass is 10.1. The van der Waals surface area contributed by atoms with Gasteiger partial charge in [-0.3, -0.25) is 0 Å². The molecule has 2 heterocycles. The van der Waals surface area contributed by atoms with Gasteiger partial charge in [0.15, 0.2) is 11.6 Å². The van der Waals surface area contributed by atoms with Crippen molar-refractivity contribution in [1.29, 1.82) is 0 Å². The Kier molecular flexibility index (Phi) is 5.55. The summed E-state index contributed by atoms with van der Waals surface area (Å²) in [7, 11) is 1.38. The molecule has 0 aliphatic carbocycles. The average Bonchev–Trinajstić information content (AvgIpc) is 2.99. The molecule has 0 saturated carbocycles. The summed E-state index contributed by atoms with van der Waals surface area (Å²) in [5.74, 6) is -0.528. The van der Waals surface area contributed by atoms with Crippen molar-refractivity contribution in [3.8, 4) is 17.0 Å². The molecule has 0 atom stereocenters. The third kappa shape index (κ3) is 4.24. The molecule has 1 amide bonds. The zero-order valence-corrected chi connectivity index (χ0v) is 17.5. The number of methoxy groups -OCH3 is 1. The first-order valence-electron chi connectivity index (χ1n) is 8.51. The van der Waals surface area contributed by atoms with Gasteiger partial charge in [-0.1, -0.05) is 6.07 Å². The van der Waals surface area contributed by atoms with Gasteiger partial charge in [0.25, 0.3) is 0 Å². The number of alkyl carbamates (subject to hydrolysis) is 1. The zero-order valence-electron chi connectivity index (χ0n) is 15.9. The number of halogens is 2. The molecule has 148 valence electrons. The van der Waals surface area contributed by atoms with E-state index in [1.165, 1.54) is 13.4 Å². The number of nitrogens with zero attached hydrogens (tertiary/aromatic N) is 3. The third-order valence-electron chi connectivity index (χ3n) is 3.83. The summed E-state index contributed by atoms with van der Waals surface area (Å²) in [6, 6.07) is 5.09. The minimum absolute atomic E-state index is 0.0379. The van der Waals surface area contributed by atoms with Crippen LogP contribution in [0, 0.1) is 5.82 Å². The Morgan fingerprint density at radius 1 is 1.36 bits per heavy atom. The molecule has 9 heteroatoms. The number of carbonyl (C=O) groups excluding carboxylic acids is 1. The SMILES string of the molecule is COc1c(CNC(=O)OC(C)(C)C)ccc(-c2ncnn3cc(Br)cc23)c1F. The maximum atomic E-state index is 15.2. The first-order valence-corrected chi connectivity index (χ1v) is 9.30. The second-order valence-electron chi connectivity index (χ2n) is 7.07. The van der Waals surface area contributed by atoms with E-state index in [0.717, 1.165) is 4.47 Å². The molecule has 0 radical (unpaired) electrons. The smallest absolute Gasteiger partial charge is 0.407 e. The van der Waals surface area contributed by atoms with Crippen LogP contribution < -0.4 is 10.1 Å². The Hall–Kier alpha value is -2.68. The van der Waals surface area contributed by atoms with Crippen LogP contribution in [0.3, 0.4) is 0 Å². The normalized spacial score (nSPS) is 11.5. The highest BCUT2D eigenvalue weighted by atomic mass is 79.9. The van der Waals surface area contributed by atoms with Crippen LogP contribution in [-0.4, -0.2) is 33.4 Å². The molecular weight excluding hydrogens is 431 g/mol. The van der Waals surface area contributed by atoms with Crippen LogP contribution in [0.4, 0.5) is 9.18 Å². The van der Waals surface area contributed by atoms with Gasteiger partial charge in [-0.2, -0.15) is 5.10 Å². The Balaban J connectivity index is 1.93. The Labute approximate surface area is 170 Å². The molecule has 0 saturated heterocycles. The fourth-order valence-corrected chi connectivity index (χ4v) is 3.14. The fraction of sp³-hybridized carbons (Fsp3) is 0.316. The quantitative estimate of drug-likeness (QED) is 0.639. The number of hydrogen-bond donors (Lipinski definition) is 1. The van der Waals surface area contributed by atoms with Crippen molar-refractivity contribution in [3.63, 3.8) is 0 Å². The third-order valence-corrected chi connectivity index (χ3v) is 4.27. The first-order chi connectivity index (χ1) is 13.2. The molecule has 1 aromatic carbocycles. The molecule has 2 aromatic heterocycles. The van der Waals surface area contributed by atoms with Crippen molar-refractivity contribution in [2.45, 2.75) is 32.9 Å². The van der Waals surface area contributed by atoms with Crippen LogP contribution in [0.15, 0.2) is 35.2 Å². The van der Waals surface area contributed by atoms with Gasteiger partial charge in [0.2, 0.25) is 0 Å². The van der Waals surface area contributed by atoms with E-state index in [4.69, 9.17) is 9.47 Å². The molecule has 1 N–H and O–H groups in total. The first kappa shape index (κ1) is 20.1. The Bertz CT molecular complexity index is 1030. The molecule has 0 aliphatic rings. The standard InChI is InChI=1S/C19H20BrFN4O3/c1-19(2,3)28-18(26)22-8-11-5-6-13(15(21)17(11)27-4)16-14-7-12(20)9-25(14)24-10-23-16/h5-7,9-10H,8H2,1-4H3,(H,22,26). The van der Waals surface area contributed by atoms with Crippen LogP contribution in [0.1, 0.15) is 26.3 Å². The van der Waals surface area contributed by atoms with Crippen molar-refractivity contribution >= 4 is 27.5 Å². The minimum atomic E-state index is -0.618. The predicted octanol–water partition coefficient (Wildman–Crippen LogP) is 4.33. The Morgan fingerprint density at radius 3 is 2.79 bits per heavy atom. The van der Waals surface area contributed by atoms with Gasteiger partial charge in [-0.05, 0) is 48.8 Å². The van der Waals surface area contributed by atoms with Gasteiger partial charge in [0.05, 0.1) is 12.6 Å². The topological polar surface area (TPSA) is 77.8 Å². The average molecular weight is 451 g/mol. The van der Waals surface area contributed by atoms with E-state index in [-0.39, 0.29) is 17.9 Å². The number of nitrogens with one attached hydrogen (secondary N) is 1. The number of hydrogen-bond acceptors (Lipinski definition) is 5. The minimum Gasteiger partial charge on any atom is -0.493 e. The van der Waals surface area contributed by atoms with Gasteiger partial charge in [0, 0.05) is 28.3 Å². The number of aromatic nitrogens is 3. The highest BCUT2D eigenvalue weighted by Gasteiger charge is 2.20. The predicted molar refractivity (Wildman–Crippen MR) is 106 cm³/mol. The molecule has 28 heavy (non-hydrogen) atoms. The lowest BCUT2D eigenvalue weighted by Crippen LogP contribution is -2.32. The second-order valence-corrected chi connectivity index (χ2v) is 7.99. The summed E-state index contributed by atoms with van der Waals surface area (Å²) in [6.07, 6.45) is 2.53. The van der Waals surface area contributed by atoms with Gasteiger partial charge < -0.3 is 14.8 Å². The van der Waals surface area contributed by atoms with E-state index in [9.17, 15) is 4.79 Å². The number of carbonyl (C=O) groups is 1. The van der Waals surface area contributed by atoms with Gasteiger partial charge >= 0.3 is 6.09 Å². The monoisotopic (exact) mass is 450 g/mol. The summed E-state index contributed by atoms with van der Waals surface area (Å²) in [4.78, 5) is 16.1. The van der Waals surface area contributed by atoms with Crippen molar-refractivity contribution in [2.75, 3.05) is 7.11 Å². The lowest BCUT2D eigenvalue weighted by molar-refractivity contribution is 0.0523. The summed E-state index contributed by atoms with van der Waals surface area (Å²) in [5, 5.41) is 6.72. The van der Waals surface area contributed by atoms with E-state index >= 15 is 4.39 Å². The maximum Gasteiger partial charge on any atom is 0.407 e. The van der Waals surface area contributed by atoms with Crippen molar-refractivity contribution in [1.82, 2.24) is 19.9 Å². The molecule has 0 spiro atoms. The van der Waals surface area contributed by atoms with Crippen LogP contribution >= 0.6 is 15.9 Å². The molecule has 0 unspecified atom stereocenters. The Morgan fingerprint density at radius 2 is 2.11 bits per heavy atom. The number of rotatable bonds is 4. The highest BCUT2D eigenvalue weighted by molar-refractivity contribution is 9.10. The molecule has 0 fully saturated rings. The second kappa shape index (κ2) is 7.75. The number of ether oxygens (including phenoxy) is 2. The van der Waals surface area contributed by atoms with Crippen LogP contribution in [0.2, 0.25) is 0 Å².